The first kappa shape index (κ1) is 25.0. The standard InChI is InChI=1S/C27H25N3O5S2/c1-15-11-12-20(34-2)19(13-15)30-25(32)16-7-4-5-9-18(16)28-27(30)36-14-22(31)29-24-23(26(33)35-3)17-8-6-10-21(17)37-24/h4-5,7,9,11-13H,6,8,10,14H2,1-3H3,(H,29,31). The number of methoxy groups -OCH3 is 2. The minimum Gasteiger partial charge on any atom is -0.495 e. The Morgan fingerprint density at radius 1 is 1.16 bits per heavy atom. The molecule has 8 nitrogen and oxygen atoms in total. The monoisotopic (exact) mass is 535 g/mol. The molecule has 0 atom stereocenters. The number of carbonyl (C=O) groups is 2. The molecule has 37 heavy (non-hydrogen) atoms. The zero-order valence-electron chi connectivity index (χ0n) is 20.6. The summed E-state index contributed by atoms with van der Waals surface area (Å²) >= 11 is 2.57. The number of anilines is 1. The summed E-state index contributed by atoms with van der Waals surface area (Å²) in [5.74, 6) is -0.242. The van der Waals surface area contributed by atoms with E-state index in [-0.39, 0.29) is 17.2 Å². The van der Waals surface area contributed by atoms with E-state index in [9.17, 15) is 14.4 Å². The number of fused-ring (bicyclic) bond motifs is 2. The summed E-state index contributed by atoms with van der Waals surface area (Å²) in [5.41, 5.74) is 3.21. The van der Waals surface area contributed by atoms with Gasteiger partial charge in [0, 0.05) is 4.88 Å². The van der Waals surface area contributed by atoms with E-state index < -0.39 is 5.97 Å². The van der Waals surface area contributed by atoms with Crippen LogP contribution in [0.5, 0.6) is 5.75 Å². The van der Waals surface area contributed by atoms with Gasteiger partial charge in [0.15, 0.2) is 5.16 Å². The maximum Gasteiger partial charge on any atom is 0.341 e. The van der Waals surface area contributed by atoms with E-state index in [0.717, 1.165) is 47.0 Å². The van der Waals surface area contributed by atoms with E-state index in [1.165, 1.54) is 23.0 Å². The summed E-state index contributed by atoms with van der Waals surface area (Å²) in [6.07, 6.45) is 2.68. The number of benzene rings is 2. The fourth-order valence-electron chi connectivity index (χ4n) is 4.50. The summed E-state index contributed by atoms with van der Waals surface area (Å²) < 4.78 is 12.0. The van der Waals surface area contributed by atoms with E-state index in [2.05, 4.69) is 5.32 Å². The van der Waals surface area contributed by atoms with Gasteiger partial charge < -0.3 is 14.8 Å². The molecule has 0 spiro atoms. The molecule has 0 saturated heterocycles. The van der Waals surface area contributed by atoms with Gasteiger partial charge in [0.05, 0.1) is 42.1 Å². The molecule has 0 fully saturated rings. The number of nitrogens with zero attached hydrogens (tertiary/aromatic N) is 2. The largest absolute Gasteiger partial charge is 0.495 e. The minimum absolute atomic E-state index is 0.0118. The van der Waals surface area contributed by atoms with Crippen molar-refractivity contribution in [1.29, 1.82) is 0 Å². The molecule has 0 unspecified atom stereocenters. The summed E-state index contributed by atoms with van der Waals surface area (Å²) in [6.45, 7) is 1.93. The number of aromatic nitrogens is 2. The molecule has 1 amide bonds. The van der Waals surface area contributed by atoms with Crippen molar-refractivity contribution in [3.05, 3.63) is 74.4 Å². The van der Waals surface area contributed by atoms with Crippen LogP contribution in [-0.2, 0) is 22.4 Å². The van der Waals surface area contributed by atoms with Crippen molar-refractivity contribution in [2.75, 3.05) is 25.3 Å². The second-order valence-electron chi connectivity index (χ2n) is 8.62. The third-order valence-corrected chi connectivity index (χ3v) is 8.36. The number of nitrogens with one attached hydrogen (secondary N) is 1. The molecule has 2 aromatic carbocycles. The number of hydrogen-bond acceptors (Lipinski definition) is 8. The number of thiophene rings is 1. The van der Waals surface area contributed by atoms with E-state index in [4.69, 9.17) is 14.5 Å². The lowest BCUT2D eigenvalue weighted by molar-refractivity contribution is -0.113. The average Bonchev–Trinajstić information content (AvgIpc) is 3.48. The average molecular weight is 536 g/mol. The highest BCUT2D eigenvalue weighted by Crippen LogP contribution is 2.39. The molecule has 1 aliphatic carbocycles. The molecular formula is C27H25N3O5S2. The molecule has 0 saturated carbocycles. The molecule has 0 bridgehead atoms. The van der Waals surface area contributed by atoms with Crippen molar-refractivity contribution in [2.24, 2.45) is 0 Å². The number of rotatable bonds is 7. The maximum atomic E-state index is 13.6. The van der Waals surface area contributed by atoms with Crippen LogP contribution in [0.15, 0.2) is 52.4 Å². The van der Waals surface area contributed by atoms with Gasteiger partial charge in [-0.25, -0.2) is 9.78 Å². The lowest BCUT2D eigenvalue weighted by Crippen LogP contribution is -2.23. The molecule has 1 aliphatic rings. The van der Waals surface area contributed by atoms with Crippen LogP contribution < -0.4 is 15.6 Å². The number of thioether (sulfide) groups is 1. The molecule has 4 aromatic rings. The van der Waals surface area contributed by atoms with Gasteiger partial charge in [0.25, 0.3) is 5.56 Å². The van der Waals surface area contributed by atoms with Gasteiger partial charge in [-0.15, -0.1) is 11.3 Å². The zero-order valence-corrected chi connectivity index (χ0v) is 22.3. The highest BCUT2D eigenvalue weighted by Gasteiger charge is 2.28. The zero-order chi connectivity index (χ0) is 26.1. The van der Waals surface area contributed by atoms with Crippen LogP contribution in [0.25, 0.3) is 16.6 Å². The van der Waals surface area contributed by atoms with Gasteiger partial charge in [0.1, 0.15) is 10.8 Å². The number of esters is 1. The van der Waals surface area contributed by atoms with Gasteiger partial charge in [-0.1, -0.05) is 30.0 Å². The summed E-state index contributed by atoms with van der Waals surface area (Å²) in [5, 5.41) is 4.23. The fraction of sp³-hybridized carbons (Fsp3) is 0.259. The SMILES string of the molecule is COC(=O)c1c(NC(=O)CSc2nc3ccccc3c(=O)n2-c2cc(C)ccc2OC)sc2c1CCC2. The van der Waals surface area contributed by atoms with Gasteiger partial charge in [0.2, 0.25) is 5.91 Å². The Balaban J connectivity index is 1.49. The van der Waals surface area contributed by atoms with Crippen molar-refractivity contribution in [3.8, 4) is 11.4 Å². The van der Waals surface area contributed by atoms with Gasteiger partial charge in [-0.2, -0.15) is 0 Å². The number of para-hydroxylation sites is 1. The van der Waals surface area contributed by atoms with Gasteiger partial charge in [-0.05, 0) is 61.6 Å². The Bertz CT molecular complexity index is 1590. The topological polar surface area (TPSA) is 99.5 Å². The quantitative estimate of drug-likeness (QED) is 0.207. The molecule has 10 heteroatoms. The van der Waals surface area contributed by atoms with Crippen molar-refractivity contribution in [2.45, 2.75) is 31.3 Å². The van der Waals surface area contributed by atoms with E-state index >= 15 is 0 Å². The molecule has 2 heterocycles. The van der Waals surface area contributed by atoms with Crippen LogP contribution in [0.2, 0.25) is 0 Å². The second kappa shape index (κ2) is 10.4. The Labute approximate surface area is 221 Å². The van der Waals surface area contributed by atoms with Crippen LogP contribution in [-0.4, -0.2) is 41.4 Å². The molecule has 0 radical (unpaired) electrons. The number of aryl methyl sites for hydroxylation is 2. The first-order chi connectivity index (χ1) is 17.9. The Morgan fingerprint density at radius 2 is 1.97 bits per heavy atom. The molecule has 190 valence electrons. The van der Waals surface area contributed by atoms with Crippen LogP contribution in [0.4, 0.5) is 5.00 Å². The predicted molar refractivity (Wildman–Crippen MR) is 146 cm³/mol. The smallest absolute Gasteiger partial charge is 0.341 e. The van der Waals surface area contributed by atoms with Crippen LogP contribution in [0, 0.1) is 6.92 Å². The molecule has 0 aliphatic heterocycles. The third-order valence-electron chi connectivity index (χ3n) is 6.22. The van der Waals surface area contributed by atoms with E-state index in [0.29, 0.717) is 38.1 Å². The highest BCUT2D eigenvalue weighted by molar-refractivity contribution is 7.99. The van der Waals surface area contributed by atoms with Gasteiger partial charge >= 0.3 is 5.97 Å². The first-order valence-corrected chi connectivity index (χ1v) is 13.5. The summed E-state index contributed by atoms with van der Waals surface area (Å²) in [4.78, 5) is 44.9. The molecule has 1 N–H and O–H groups in total. The number of hydrogen-bond donors (Lipinski definition) is 1. The van der Waals surface area contributed by atoms with E-state index in [1.54, 1.807) is 31.4 Å². The molecule has 2 aromatic heterocycles. The van der Waals surface area contributed by atoms with E-state index in [1.807, 2.05) is 25.1 Å². The Hall–Kier alpha value is -3.63. The molecule has 5 rings (SSSR count). The second-order valence-corrected chi connectivity index (χ2v) is 10.7. The van der Waals surface area contributed by atoms with Crippen molar-refractivity contribution < 1.29 is 19.1 Å². The van der Waals surface area contributed by atoms with Crippen molar-refractivity contribution >= 4 is 50.9 Å². The van der Waals surface area contributed by atoms with Crippen LogP contribution >= 0.6 is 23.1 Å². The Morgan fingerprint density at radius 3 is 2.76 bits per heavy atom. The summed E-state index contributed by atoms with van der Waals surface area (Å²) in [6, 6.07) is 12.7. The first-order valence-electron chi connectivity index (χ1n) is 11.7. The predicted octanol–water partition coefficient (Wildman–Crippen LogP) is 4.77. The summed E-state index contributed by atoms with van der Waals surface area (Å²) in [7, 11) is 2.89. The fourth-order valence-corrected chi connectivity index (χ4v) is 6.60. The van der Waals surface area contributed by atoms with Gasteiger partial charge in [-0.3, -0.25) is 14.2 Å². The normalized spacial score (nSPS) is 12.4. The van der Waals surface area contributed by atoms with Crippen molar-refractivity contribution in [1.82, 2.24) is 9.55 Å². The minimum atomic E-state index is -0.445. The van der Waals surface area contributed by atoms with Crippen molar-refractivity contribution in [3.63, 3.8) is 0 Å². The number of carbonyl (C=O) groups excluding carboxylic acids is 2. The molecular weight excluding hydrogens is 510 g/mol. The lowest BCUT2D eigenvalue weighted by Gasteiger charge is -2.16. The maximum absolute atomic E-state index is 13.6. The van der Waals surface area contributed by atoms with Crippen LogP contribution in [0.3, 0.4) is 0 Å². The number of amides is 1. The van der Waals surface area contributed by atoms with Crippen LogP contribution in [0.1, 0.15) is 32.8 Å². The third kappa shape index (κ3) is 4.74. The lowest BCUT2D eigenvalue weighted by atomic mass is 10.1. The highest BCUT2D eigenvalue weighted by atomic mass is 32.2. The number of ether oxygens (including phenoxy) is 2. The Kier molecular flexibility index (Phi) is 7.03.